The van der Waals surface area contributed by atoms with Gasteiger partial charge in [-0.3, -0.25) is 0 Å². The van der Waals surface area contributed by atoms with Gasteiger partial charge in [-0.2, -0.15) is 4.98 Å². The third kappa shape index (κ3) is 4.01. The van der Waals surface area contributed by atoms with Gasteiger partial charge in [0.2, 0.25) is 21.7 Å². The summed E-state index contributed by atoms with van der Waals surface area (Å²) >= 11 is 0. The summed E-state index contributed by atoms with van der Waals surface area (Å²) in [6, 6.07) is 10.8. The number of aromatic nitrogens is 2. The highest BCUT2D eigenvalue weighted by Gasteiger charge is 2.20. The summed E-state index contributed by atoms with van der Waals surface area (Å²) in [4.78, 5) is 4.44. The van der Waals surface area contributed by atoms with Gasteiger partial charge < -0.3 is 9.26 Å². The number of benzene rings is 2. The molecule has 0 radical (unpaired) electrons. The van der Waals surface area contributed by atoms with Gasteiger partial charge in [0.25, 0.3) is 0 Å². The Morgan fingerprint density at radius 2 is 1.74 bits per heavy atom. The highest BCUT2D eigenvalue weighted by atomic mass is 32.2. The first-order chi connectivity index (χ1) is 12.8. The quantitative estimate of drug-likeness (QED) is 0.698. The van der Waals surface area contributed by atoms with Gasteiger partial charge in [0, 0.05) is 5.56 Å². The summed E-state index contributed by atoms with van der Waals surface area (Å²) < 4.78 is 38.2. The smallest absolute Gasteiger partial charge is 0.242 e. The maximum atomic E-state index is 12.7. The molecule has 2 aromatic carbocycles. The number of sulfonamides is 1. The highest BCUT2D eigenvalue weighted by molar-refractivity contribution is 7.89. The van der Waals surface area contributed by atoms with Crippen LogP contribution >= 0.6 is 0 Å². The molecule has 1 heterocycles. The van der Waals surface area contributed by atoms with Crippen LogP contribution in [0.2, 0.25) is 0 Å². The maximum absolute atomic E-state index is 12.7. The van der Waals surface area contributed by atoms with Crippen molar-refractivity contribution in [1.82, 2.24) is 14.9 Å². The molecule has 8 heteroatoms. The van der Waals surface area contributed by atoms with Crippen molar-refractivity contribution in [3.8, 4) is 17.1 Å². The van der Waals surface area contributed by atoms with Crippen molar-refractivity contribution >= 4 is 10.0 Å². The standard InChI is InChI=1S/C19H21N3O4S/c1-12-5-7-15(8-6-12)19-21-18(26-22-19)11-20-27(23,24)17-10-9-16(25-4)13(2)14(17)3/h5-10,20H,11H2,1-4H3. The van der Waals surface area contributed by atoms with E-state index in [1.807, 2.05) is 38.1 Å². The topological polar surface area (TPSA) is 94.3 Å². The molecule has 0 saturated heterocycles. The second kappa shape index (κ2) is 7.50. The zero-order chi connectivity index (χ0) is 19.6. The van der Waals surface area contributed by atoms with Crippen LogP contribution in [0, 0.1) is 20.8 Å². The van der Waals surface area contributed by atoms with E-state index in [4.69, 9.17) is 9.26 Å². The molecule has 3 aromatic rings. The van der Waals surface area contributed by atoms with E-state index in [9.17, 15) is 8.42 Å². The Labute approximate surface area is 158 Å². The lowest BCUT2D eigenvalue weighted by molar-refractivity contribution is 0.376. The molecule has 0 aliphatic heterocycles. The molecule has 27 heavy (non-hydrogen) atoms. The van der Waals surface area contributed by atoms with E-state index in [0.717, 1.165) is 16.7 Å². The monoisotopic (exact) mass is 387 g/mol. The van der Waals surface area contributed by atoms with E-state index < -0.39 is 10.0 Å². The minimum atomic E-state index is -3.73. The number of nitrogens with one attached hydrogen (secondary N) is 1. The number of hydrogen-bond acceptors (Lipinski definition) is 6. The van der Waals surface area contributed by atoms with Gasteiger partial charge in [0.05, 0.1) is 18.6 Å². The highest BCUT2D eigenvalue weighted by Crippen LogP contribution is 2.26. The Morgan fingerprint density at radius 3 is 2.41 bits per heavy atom. The van der Waals surface area contributed by atoms with Crippen LogP contribution in [0.15, 0.2) is 45.8 Å². The Morgan fingerprint density at radius 1 is 1.04 bits per heavy atom. The zero-order valence-electron chi connectivity index (χ0n) is 15.6. The molecular weight excluding hydrogens is 366 g/mol. The number of ether oxygens (including phenoxy) is 1. The predicted octanol–water partition coefficient (Wildman–Crippen LogP) is 3.15. The Hall–Kier alpha value is -2.71. The van der Waals surface area contributed by atoms with Gasteiger partial charge in [-0.25, -0.2) is 13.1 Å². The van der Waals surface area contributed by atoms with E-state index in [2.05, 4.69) is 14.9 Å². The van der Waals surface area contributed by atoms with E-state index in [0.29, 0.717) is 17.1 Å². The number of aryl methyl sites for hydroxylation is 1. The van der Waals surface area contributed by atoms with Crippen molar-refractivity contribution in [2.75, 3.05) is 7.11 Å². The maximum Gasteiger partial charge on any atom is 0.242 e. The molecule has 142 valence electrons. The average Bonchev–Trinajstić information content (AvgIpc) is 3.12. The summed E-state index contributed by atoms with van der Waals surface area (Å²) in [6.45, 7) is 5.46. The first-order valence-corrected chi connectivity index (χ1v) is 9.83. The number of methoxy groups -OCH3 is 1. The third-order valence-electron chi connectivity index (χ3n) is 4.39. The normalized spacial score (nSPS) is 11.6. The lowest BCUT2D eigenvalue weighted by Crippen LogP contribution is -2.24. The van der Waals surface area contributed by atoms with Crippen LogP contribution in [0.3, 0.4) is 0 Å². The first kappa shape index (κ1) is 19.1. The summed E-state index contributed by atoms with van der Waals surface area (Å²) in [6.07, 6.45) is 0. The molecule has 0 aliphatic carbocycles. The fourth-order valence-electron chi connectivity index (χ4n) is 2.66. The lowest BCUT2D eigenvalue weighted by Gasteiger charge is -2.13. The first-order valence-electron chi connectivity index (χ1n) is 8.35. The molecule has 1 aromatic heterocycles. The van der Waals surface area contributed by atoms with E-state index in [1.54, 1.807) is 20.1 Å². The van der Waals surface area contributed by atoms with Gasteiger partial charge in [-0.05, 0) is 44.0 Å². The van der Waals surface area contributed by atoms with E-state index in [-0.39, 0.29) is 17.3 Å². The molecule has 0 aliphatic rings. The Kier molecular flexibility index (Phi) is 5.29. The van der Waals surface area contributed by atoms with Crippen molar-refractivity contribution in [2.24, 2.45) is 0 Å². The van der Waals surface area contributed by atoms with Gasteiger partial charge in [-0.1, -0.05) is 35.0 Å². The number of rotatable bonds is 6. The molecule has 0 fully saturated rings. The van der Waals surface area contributed by atoms with Crippen LogP contribution < -0.4 is 9.46 Å². The van der Waals surface area contributed by atoms with E-state index in [1.165, 1.54) is 6.07 Å². The van der Waals surface area contributed by atoms with Gasteiger partial charge >= 0.3 is 0 Å². The molecule has 0 saturated carbocycles. The summed E-state index contributed by atoms with van der Waals surface area (Å²) in [5.74, 6) is 1.25. The van der Waals surface area contributed by atoms with Crippen LogP contribution in [0.25, 0.3) is 11.4 Å². The van der Waals surface area contributed by atoms with Crippen LogP contribution in [0.4, 0.5) is 0 Å². The molecule has 1 N–H and O–H groups in total. The molecule has 0 spiro atoms. The van der Waals surface area contributed by atoms with Crippen molar-refractivity contribution in [3.05, 3.63) is 59.0 Å². The lowest BCUT2D eigenvalue weighted by atomic mass is 10.1. The van der Waals surface area contributed by atoms with Crippen molar-refractivity contribution in [2.45, 2.75) is 32.2 Å². The van der Waals surface area contributed by atoms with Gasteiger partial charge in [0.1, 0.15) is 5.75 Å². The average molecular weight is 387 g/mol. The predicted molar refractivity (Wildman–Crippen MR) is 101 cm³/mol. The van der Waals surface area contributed by atoms with Crippen molar-refractivity contribution in [3.63, 3.8) is 0 Å². The largest absolute Gasteiger partial charge is 0.496 e. The minimum Gasteiger partial charge on any atom is -0.496 e. The number of hydrogen-bond donors (Lipinski definition) is 1. The zero-order valence-corrected chi connectivity index (χ0v) is 16.4. The molecule has 0 bridgehead atoms. The number of nitrogens with zero attached hydrogens (tertiary/aromatic N) is 2. The molecule has 0 unspecified atom stereocenters. The second-order valence-electron chi connectivity index (χ2n) is 6.22. The summed E-state index contributed by atoms with van der Waals surface area (Å²) in [7, 11) is -2.18. The van der Waals surface area contributed by atoms with E-state index >= 15 is 0 Å². The Bertz CT molecular complexity index is 1060. The van der Waals surface area contributed by atoms with Gasteiger partial charge in [0.15, 0.2) is 0 Å². The molecule has 0 atom stereocenters. The minimum absolute atomic E-state index is 0.0916. The van der Waals surface area contributed by atoms with Gasteiger partial charge in [-0.15, -0.1) is 0 Å². The summed E-state index contributed by atoms with van der Waals surface area (Å²) in [5, 5.41) is 3.91. The van der Waals surface area contributed by atoms with Crippen molar-refractivity contribution < 1.29 is 17.7 Å². The molecule has 3 rings (SSSR count). The van der Waals surface area contributed by atoms with Crippen LogP contribution in [-0.2, 0) is 16.6 Å². The molecular formula is C19H21N3O4S. The fraction of sp³-hybridized carbons (Fsp3) is 0.263. The van der Waals surface area contributed by atoms with Crippen molar-refractivity contribution in [1.29, 1.82) is 0 Å². The second-order valence-corrected chi connectivity index (χ2v) is 7.95. The van der Waals surface area contributed by atoms with Crippen LogP contribution in [0.1, 0.15) is 22.6 Å². The van der Waals surface area contributed by atoms with Crippen LogP contribution in [0.5, 0.6) is 5.75 Å². The Balaban J connectivity index is 1.77. The summed E-state index contributed by atoms with van der Waals surface area (Å²) in [5.41, 5.74) is 3.34. The SMILES string of the molecule is COc1ccc(S(=O)(=O)NCc2nc(-c3ccc(C)cc3)no2)c(C)c1C. The molecule has 7 nitrogen and oxygen atoms in total. The van der Waals surface area contributed by atoms with Crippen LogP contribution in [-0.4, -0.2) is 25.7 Å². The fourth-order valence-corrected chi connectivity index (χ4v) is 3.94. The molecule has 0 amide bonds. The third-order valence-corrected chi connectivity index (χ3v) is 5.93.